The summed E-state index contributed by atoms with van der Waals surface area (Å²) in [5.41, 5.74) is 0. The smallest absolute Gasteiger partial charge is 0.134 e. The van der Waals surface area contributed by atoms with Crippen molar-refractivity contribution in [3.63, 3.8) is 0 Å². The number of halogens is 1. The fourth-order valence-electron chi connectivity index (χ4n) is 1.27. The monoisotopic (exact) mass is 230 g/mol. The first-order chi connectivity index (χ1) is 5.27. The zero-order chi connectivity index (χ0) is 7.84. The fraction of sp³-hybridized carbons (Fsp3) is 0.375. The van der Waals surface area contributed by atoms with Crippen molar-refractivity contribution >= 4 is 33.0 Å². The van der Waals surface area contributed by atoms with E-state index >= 15 is 0 Å². The number of hydrogen-bond donors (Lipinski definition) is 0. The Kier molecular flexibility index (Phi) is 1.85. The standard InChI is InChI=1S/C8H7BrOS/c9-7-1-2-11-8(7)5-3-6(10)4-5/h1-2,5H,3-4H2. The topological polar surface area (TPSA) is 17.1 Å². The molecule has 1 fully saturated rings. The number of carbonyl (C=O) groups is 1. The molecule has 0 N–H and O–H groups in total. The summed E-state index contributed by atoms with van der Waals surface area (Å²) in [5.74, 6) is 0.909. The predicted molar refractivity (Wildman–Crippen MR) is 49.0 cm³/mol. The molecule has 58 valence electrons. The van der Waals surface area contributed by atoms with Crippen LogP contribution in [0.2, 0.25) is 0 Å². The molecule has 0 spiro atoms. The highest BCUT2D eigenvalue weighted by Gasteiger charge is 2.29. The molecule has 1 aromatic heterocycles. The summed E-state index contributed by atoms with van der Waals surface area (Å²) in [7, 11) is 0. The van der Waals surface area contributed by atoms with E-state index in [0.29, 0.717) is 11.7 Å². The van der Waals surface area contributed by atoms with Gasteiger partial charge in [-0.2, -0.15) is 0 Å². The summed E-state index contributed by atoms with van der Waals surface area (Å²) < 4.78 is 1.17. The number of hydrogen-bond acceptors (Lipinski definition) is 2. The maximum atomic E-state index is 10.7. The van der Waals surface area contributed by atoms with Crippen LogP contribution in [0.1, 0.15) is 23.6 Å². The predicted octanol–water partition coefficient (Wildman–Crippen LogP) is 2.96. The second-order valence-electron chi connectivity index (χ2n) is 2.78. The van der Waals surface area contributed by atoms with E-state index in [9.17, 15) is 4.79 Å². The van der Waals surface area contributed by atoms with Gasteiger partial charge in [0.2, 0.25) is 0 Å². The quantitative estimate of drug-likeness (QED) is 0.726. The van der Waals surface area contributed by atoms with Gasteiger partial charge in [-0.25, -0.2) is 0 Å². The van der Waals surface area contributed by atoms with Crippen molar-refractivity contribution in [3.05, 3.63) is 20.8 Å². The summed E-state index contributed by atoms with van der Waals surface area (Å²) in [6.07, 6.45) is 1.50. The largest absolute Gasteiger partial charge is 0.300 e. The van der Waals surface area contributed by atoms with E-state index in [0.717, 1.165) is 12.8 Å². The lowest BCUT2D eigenvalue weighted by atomic mass is 9.83. The molecule has 0 radical (unpaired) electrons. The molecule has 0 aliphatic heterocycles. The summed E-state index contributed by atoms with van der Waals surface area (Å²) in [5, 5.41) is 2.06. The van der Waals surface area contributed by atoms with Crippen molar-refractivity contribution < 1.29 is 4.79 Å². The lowest BCUT2D eigenvalue weighted by Crippen LogP contribution is -2.20. The number of ketones is 1. The lowest BCUT2D eigenvalue weighted by molar-refractivity contribution is -0.124. The minimum absolute atomic E-state index is 0.398. The van der Waals surface area contributed by atoms with Crippen LogP contribution in [0, 0.1) is 0 Å². The number of Topliss-reactive ketones (excluding diaryl/α,β-unsaturated/α-hetero) is 1. The van der Waals surface area contributed by atoms with Crippen LogP contribution in [0.15, 0.2) is 15.9 Å². The van der Waals surface area contributed by atoms with Gasteiger partial charge >= 0.3 is 0 Å². The Bertz CT molecular complexity index is 284. The molecule has 1 heterocycles. The van der Waals surface area contributed by atoms with Gasteiger partial charge in [-0.15, -0.1) is 11.3 Å². The molecule has 0 aromatic carbocycles. The minimum atomic E-state index is 0.398. The molecule has 0 bridgehead atoms. The van der Waals surface area contributed by atoms with E-state index in [1.165, 1.54) is 9.35 Å². The number of thiophene rings is 1. The molecular formula is C8H7BrOS. The molecule has 1 aliphatic rings. The van der Waals surface area contributed by atoms with Gasteiger partial charge in [-0.1, -0.05) is 0 Å². The highest BCUT2D eigenvalue weighted by Crippen LogP contribution is 2.40. The molecule has 0 amide bonds. The van der Waals surface area contributed by atoms with Gasteiger partial charge in [-0.3, -0.25) is 4.79 Å². The van der Waals surface area contributed by atoms with Crippen molar-refractivity contribution in [1.29, 1.82) is 0 Å². The number of rotatable bonds is 1. The molecule has 11 heavy (non-hydrogen) atoms. The Morgan fingerprint density at radius 1 is 1.55 bits per heavy atom. The SMILES string of the molecule is O=C1CC(c2sccc2Br)C1. The normalized spacial score (nSPS) is 18.5. The highest BCUT2D eigenvalue weighted by atomic mass is 79.9. The summed E-state index contributed by atoms with van der Waals surface area (Å²) in [6, 6.07) is 2.04. The van der Waals surface area contributed by atoms with Crippen LogP contribution in [0.3, 0.4) is 0 Å². The molecule has 1 saturated carbocycles. The average Bonchev–Trinajstić information content (AvgIpc) is 2.29. The molecule has 2 rings (SSSR count). The lowest BCUT2D eigenvalue weighted by Gasteiger charge is -2.22. The van der Waals surface area contributed by atoms with Gasteiger partial charge < -0.3 is 0 Å². The Labute approximate surface area is 77.6 Å². The van der Waals surface area contributed by atoms with Crippen LogP contribution in [0.5, 0.6) is 0 Å². The van der Waals surface area contributed by atoms with E-state index < -0.39 is 0 Å². The van der Waals surface area contributed by atoms with Crippen molar-refractivity contribution in [2.24, 2.45) is 0 Å². The third-order valence-electron chi connectivity index (χ3n) is 1.96. The molecule has 1 nitrogen and oxygen atoms in total. The van der Waals surface area contributed by atoms with Crippen molar-refractivity contribution in [1.82, 2.24) is 0 Å². The van der Waals surface area contributed by atoms with E-state index in [1.807, 2.05) is 6.07 Å². The second kappa shape index (κ2) is 2.72. The number of carbonyl (C=O) groups excluding carboxylic acids is 1. The van der Waals surface area contributed by atoms with Gasteiger partial charge in [0.15, 0.2) is 0 Å². The second-order valence-corrected chi connectivity index (χ2v) is 4.58. The van der Waals surface area contributed by atoms with Crippen LogP contribution in [-0.2, 0) is 4.79 Å². The molecule has 0 saturated heterocycles. The first kappa shape index (κ1) is 7.50. The minimum Gasteiger partial charge on any atom is -0.300 e. The maximum Gasteiger partial charge on any atom is 0.134 e. The summed E-state index contributed by atoms with van der Waals surface area (Å²) >= 11 is 5.20. The maximum absolute atomic E-state index is 10.7. The van der Waals surface area contributed by atoms with E-state index in [4.69, 9.17) is 0 Å². The van der Waals surface area contributed by atoms with Gasteiger partial charge in [0, 0.05) is 28.1 Å². The van der Waals surface area contributed by atoms with Gasteiger partial charge in [0.25, 0.3) is 0 Å². The van der Waals surface area contributed by atoms with Crippen LogP contribution in [-0.4, -0.2) is 5.78 Å². The Hall–Kier alpha value is -0.150. The van der Waals surface area contributed by atoms with E-state index in [2.05, 4.69) is 21.3 Å². The highest BCUT2D eigenvalue weighted by molar-refractivity contribution is 9.10. The molecular weight excluding hydrogens is 224 g/mol. The first-order valence-corrected chi connectivity index (χ1v) is 5.19. The fourth-order valence-corrected chi connectivity index (χ4v) is 3.07. The summed E-state index contributed by atoms with van der Waals surface area (Å²) in [6.45, 7) is 0. The molecule has 0 unspecified atom stereocenters. The van der Waals surface area contributed by atoms with Gasteiger partial charge in [0.05, 0.1) is 0 Å². The summed E-state index contributed by atoms with van der Waals surface area (Å²) in [4.78, 5) is 12.0. The van der Waals surface area contributed by atoms with Crippen molar-refractivity contribution in [3.8, 4) is 0 Å². The van der Waals surface area contributed by atoms with Crippen molar-refractivity contribution in [2.45, 2.75) is 18.8 Å². The Morgan fingerprint density at radius 3 is 2.73 bits per heavy atom. The molecule has 1 aliphatic carbocycles. The van der Waals surface area contributed by atoms with E-state index in [1.54, 1.807) is 11.3 Å². The van der Waals surface area contributed by atoms with Gasteiger partial charge in [-0.05, 0) is 27.4 Å². The van der Waals surface area contributed by atoms with Crippen LogP contribution < -0.4 is 0 Å². The van der Waals surface area contributed by atoms with Crippen LogP contribution >= 0.6 is 27.3 Å². The van der Waals surface area contributed by atoms with Crippen LogP contribution in [0.4, 0.5) is 0 Å². The van der Waals surface area contributed by atoms with Gasteiger partial charge in [0.1, 0.15) is 5.78 Å². The zero-order valence-corrected chi connectivity index (χ0v) is 8.24. The molecule has 3 heteroatoms. The van der Waals surface area contributed by atoms with Crippen molar-refractivity contribution in [2.75, 3.05) is 0 Å². The molecule has 0 atom stereocenters. The van der Waals surface area contributed by atoms with Crippen LogP contribution in [0.25, 0.3) is 0 Å². The third kappa shape index (κ3) is 1.27. The molecule has 1 aromatic rings. The van der Waals surface area contributed by atoms with E-state index in [-0.39, 0.29) is 0 Å². The average molecular weight is 231 g/mol. The third-order valence-corrected chi connectivity index (χ3v) is 4.00. The Morgan fingerprint density at radius 2 is 2.27 bits per heavy atom. The Balaban J connectivity index is 2.18. The first-order valence-electron chi connectivity index (χ1n) is 3.52. The zero-order valence-electron chi connectivity index (χ0n) is 5.84.